The van der Waals surface area contributed by atoms with Gasteiger partial charge in [0.1, 0.15) is 5.82 Å². The number of hydrogen-bond acceptors (Lipinski definition) is 5. The maximum atomic E-state index is 13.9. The summed E-state index contributed by atoms with van der Waals surface area (Å²) in [7, 11) is 1.19. The van der Waals surface area contributed by atoms with Gasteiger partial charge in [0.25, 0.3) is 0 Å². The van der Waals surface area contributed by atoms with Crippen molar-refractivity contribution in [2.75, 3.05) is 30.8 Å². The number of nitrogens with two attached hydrogens (primary N) is 1. The maximum Gasteiger partial charge on any atom is 0.411 e. The van der Waals surface area contributed by atoms with Gasteiger partial charge in [-0.3, -0.25) is 10.1 Å². The highest BCUT2D eigenvalue weighted by atomic mass is 19.1. The normalized spacial score (nSPS) is 16.1. The van der Waals surface area contributed by atoms with Crippen molar-refractivity contribution in [3.63, 3.8) is 0 Å². The van der Waals surface area contributed by atoms with E-state index in [0.717, 1.165) is 38.4 Å². The smallest absolute Gasteiger partial charge is 0.411 e. The van der Waals surface area contributed by atoms with Gasteiger partial charge in [0.15, 0.2) is 0 Å². The number of amides is 2. The number of carbonyl (C=O) groups is 2. The van der Waals surface area contributed by atoms with Gasteiger partial charge in [0.2, 0.25) is 5.91 Å². The maximum absolute atomic E-state index is 13.9. The van der Waals surface area contributed by atoms with E-state index >= 15 is 0 Å². The minimum atomic E-state index is -0.768. The second-order valence-corrected chi connectivity index (χ2v) is 6.18. The van der Waals surface area contributed by atoms with Gasteiger partial charge >= 0.3 is 6.09 Å². The molecule has 8 heteroatoms. The van der Waals surface area contributed by atoms with Crippen molar-refractivity contribution in [1.29, 1.82) is 0 Å². The van der Waals surface area contributed by atoms with Crippen molar-refractivity contribution in [1.82, 2.24) is 5.32 Å². The van der Waals surface area contributed by atoms with E-state index in [4.69, 9.17) is 5.73 Å². The number of rotatable bonds is 6. The average molecular weight is 352 g/mol. The fourth-order valence-corrected chi connectivity index (χ4v) is 2.81. The number of methoxy groups -OCH3 is 1. The monoisotopic (exact) mass is 352 g/mol. The van der Waals surface area contributed by atoms with Crippen LogP contribution in [0.2, 0.25) is 0 Å². The van der Waals surface area contributed by atoms with Crippen molar-refractivity contribution in [2.24, 2.45) is 11.7 Å². The van der Waals surface area contributed by atoms with Gasteiger partial charge in [-0.15, -0.1) is 0 Å². The van der Waals surface area contributed by atoms with E-state index in [-0.39, 0.29) is 17.3 Å². The highest BCUT2D eigenvalue weighted by Gasteiger charge is 2.19. The predicted octanol–water partition coefficient (Wildman–Crippen LogP) is 2.05. The third-order valence-electron chi connectivity index (χ3n) is 4.34. The Kier molecular flexibility index (Phi) is 7.15. The largest absolute Gasteiger partial charge is 0.453 e. The zero-order chi connectivity index (χ0) is 18.2. The van der Waals surface area contributed by atoms with Gasteiger partial charge in [-0.05, 0) is 62.9 Å². The molecule has 25 heavy (non-hydrogen) atoms. The average Bonchev–Trinajstić information content (AvgIpc) is 2.62. The molecule has 5 N–H and O–H groups in total. The highest BCUT2D eigenvalue weighted by Crippen LogP contribution is 2.21. The van der Waals surface area contributed by atoms with Crippen LogP contribution in [0.15, 0.2) is 18.2 Å². The molecule has 1 aliphatic heterocycles. The lowest BCUT2D eigenvalue weighted by atomic mass is 9.91. The Bertz CT molecular complexity index is 606. The lowest BCUT2D eigenvalue weighted by molar-refractivity contribution is -0.117. The first-order valence-corrected chi connectivity index (χ1v) is 8.41. The summed E-state index contributed by atoms with van der Waals surface area (Å²) in [6.45, 7) is 2.02. The molecule has 1 unspecified atom stereocenters. The summed E-state index contributed by atoms with van der Waals surface area (Å²) in [4.78, 5) is 23.2. The van der Waals surface area contributed by atoms with Gasteiger partial charge in [0, 0.05) is 5.69 Å². The second kappa shape index (κ2) is 9.33. The first-order valence-electron chi connectivity index (χ1n) is 8.41. The van der Waals surface area contributed by atoms with E-state index in [2.05, 4.69) is 20.7 Å². The van der Waals surface area contributed by atoms with Gasteiger partial charge in [-0.2, -0.15) is 0 Å². The topological polar surface area (TPSA) is 105 Å². The molecule has 7 nitrogen and oxygen atoms in total. The zero-order valence-corrected chi connectivity index (χ0v) is 14.3. The van der Waals surface area contributed by atoms with E-state index in [9.17, 15) is 14.0 Å². The van der Waals surface area contributed by atoms with Crippen LogP contribution in [0, 0.1) is 11.7 Å². The van der Waals surface area contributed by atoms with E-state index in [1.807, 2.05) is 0 Å². The first-order chi connectivity index (χ1) is 12.0. The Morgan fingerprint density at radius 2 is 2.08 bits per heavy atom. The number of carbonyl (C=O) groups excluding carboxylic acids is 2. The molecule has 0 bridgehead atoms. The molecule has 0 spiro atoms. The molecule has 1 heterocycles. The van der Waals surface area contributed by atoms with Crippen LogP contribution < -0.4 is 21.7 Å². The van der Waals surface area contributed by atoms with Crippen LogP contribution in [0.1, 0.15) is 25.7 Å². The summed E-state index contributed by atoms with van der Waals surface area (Å²) in [5.41, 5.74) is 6.20. The summed E-state index contributed by atoms with van der Waals surface area (Å²) in [6, 6.07) is 3.34. The van der Waals surface area contributed by atoms with Crippen LogP contribution in [0.25, 0.3) is 0 Å². The Balaban J connectivity index is 1.84. The van der Waals surface area contributed by atoms with Crippen LogP contribution in [0.3, 0.4) is 0 Å². The quantitative estimate of drug-likeness (QED) is 0.627. The van der Waals surface area contributed by atoms with Crippen LogP contribution in [-0.4, -0.2) is 38.2 Å². The number of anilines is 2. The minimum Gasteiger partial charge on any atom is -0.453 e. The third-order valence-corrected chi connectivity index (χ3v) is 4.34. The number of halogens is 1. The Labute approximate surface area is 146 Å². The van der Waals surface area contributed by atoms with Crippen molar-refractivity contribution in [2.45, 2.75) is 31.7 Å². The molecule has 0 aliphatic carbocycles. The van der Waals surface area contributed by atoms with Crippen LogP contribution in [-0.2, 0) is 9.53 Å². The fraction of sp³-hybridized carbons (Fsp3) is 0.529. The molecule has 1 aromatic rings. The molecule has 0 radical (unpaired) electrons. The number of nitrogens with one attached hydrogen (secondary N) is 3. The second-order valence-electron chi connectivity index (χ2n) is 6.18. The van der Waals surface area contributed by atoms with Crippen LogP contribution >= 0.6 is 0 Å². The van der Waals surface area contributed by atoms with E-state index in [1.54, 1.807) is 0 Å². The molecular formula is C17H25FN4O3. The Hall–Kier alpha value is -2.19. The van der Waals surface area contributed by atoms with Crippen molar-refractivity contribution < 1.29 is 18.7 Å². The molecule has 1 atom stereocenters. The molecule has 1 saturated heterocycles. The SMILES string of the molecule is COC(=O)Nc1ccc(NC(=O)C(N)CCC2CCNCC2)cc1F. The summed E-state index contributed by atoms with van der Waals surface area (Å²) in [6.07, 6.45) is 2.95. The number of hydrogen-bond donors (Lipinski definition) is 4. The van der Waals surface area contributed by atoms with Crippen molar-refractivity contribution >= 4 is 23.4 Å². The summed E-state index contributed by atoms with van der Waals surface area (Å²) in [5, 5.41) is 8.15. The summed E-state index contributed by atoms with van der Waals surface area (Å²) >= 11 is 0. The fourth-order valence-electron chi connectivity index (χ4n) is 2.81. The summed E-state index contributed by atoms with van der Waals surface area (Å²) < 4.78 is 18.3. The Morgan fingerprint density at radius 1 is 1.36 bits per heavy atom. The first kappa shape index (κ1) is 19.1. The molecule has 1 aliphatic rings. The third kappa shape index (κ3) is 5.99. The van der Waals surface area contributed by atoms with Gasteiger partial charge < -0.3 is 21.1 Å². The summed E-state index contributed by atoms with van der Waals surface area (Å²) in [5.74, 6) is -0.422. The number of ether oxygens (including phenoxy) is 1. The molecule has 2 amide bonds. The van der Waals surface area contributed by atoms with Crippen molar-refractivity contribution in [3.05, 3.63) is 24.0 Å². The standard InChI is InChI=1S/C17H25FN4O3/c1-25-17(24)22-15-5-3-12(10-13(15)18)21-16(23)14(19)4-2-11-6-8-20-9-7-11/h3,5,10-11,14,20H,2,4,6-9,19H2,1H3,(H,21,23)(H,22,24). The molecule has 1 fully saturated rings. The molecule has 138 valence electrons. The van der Waals surface area contributed by atoms with E-state index < -0.39 is 18.0 Å². The number of piperidine rings is 1. The number of benzene rings is 1. The predicted molar refractivity (Wildman–Crippen MR) is 93.9 cm³/mol. The lowest BCUT2D eigenvalue weighted by Gasteiger charge is -2.23. The minimum absolute atomic E-state index is 0.0277. The Morgan fingerprint density at radius 3 is 2.72 bits per heavy atom. The molecule has 1 aromatic carbocycles. The van der Waals surface area contributed by atoms with Crippen LogP contribution in [0.5, 0.6) is 0 Å². The highest BCUT2D eigenvalue weighted by molar-refractivity contribution is 5.95. The molecule has 2 rings (SSSR count). The molecule has 0 aromatic heterocycles. The van der Waals surface area contributed by atoms with Crippen LogP contribution in [0.4, 0.5) is 20.6 Å². The lowest BCUT2D eigenvalue weighted by Crippen LogP contribution is -2.36. The van der Waals surface area contributed by atoms with Gasteiger partial charge in [0.05, 0.1) is 18.8 Å². The zero-order valence-electron chi connectivity index (χ0n) is 14.3. The van der Waals surface area contributed by atoms with Crippen molar-refractivity contribution in [3.8, 4) is 0 Å². The molecule has 0 saturated carbocycles. The van der Waals surface area contributed by atoms with E-state index in [0.29, 0.717) is 12.3 Å². The molecular weight excluding hydrogens is 327 g/mol. The van der Waals surface area contributed by atoms with Gasteiger partial charge in [-0.25, -0.2) is 9.18 Å². The van der Waals surface area contributed by atoms with E-state index in [1.165, 1.54) is 19.2 Å². The van der Waals surface area contributed by atoms with Gasteiger partial charge in [-0.1, -0.05) is 0 Å².